The minimum Gasteiger partial charge on any atom is -0.330 e. The Kier molecular flexibility index (Phi) is 3.84. The molecule has 1 aliphatic heterocycles. The highest BCUT2D eigenvalue weighted by atomic mass is 15.2. The lowest BCUT2D eigenvalue weighted by Crippen LogP contribution is -2.42. The molecule has 0 bridgehead atoms. The lowest BCUT2D eigenvalue weighted by Gasteiger charge is -2.38. The fourth-order valence-corrected chi connectivity index (χ4v) is 2.41. The Balaban J connectivity index is 1.75. The molecule has 2 N–H and O–H groups in total. The summed E-state index contributed by atoms with van der Waals surface area (Å²) >= 11 is 0. The van der Waals surface area contributed by atoms with Crippen LogP contribution in [0.2, 0.25) is 0 Å². The van der Waals surface area contributed by atoms with Crippen LogP contribution in [0.25, 0.3) is 0 Å². The van der Waals surface area contributed by atoms with E-state index in [1.807, 2.05) is 17.9 Å². The predicted octanol–water partition coefficient (Wildman–Crippen LogP) is 1.02. The summed E-state index contributed by atoms with van der Waals surface area (Å²) in [6.45, 7) is 6.66. The Morgan fingerprint density at radius 2 is 2.12 bits per heavy atom. The van der Waals surface area contributed by atoms with Gasteiger partial charge in [0.15, 0.2) is 0 Å². The summed E-state index contributed by atoms with van der Waals surface area (Å²) in [5.74, 6) is 0. The van der Waals surface area contributed by atoms with E-state index in [1.165, 1.54) is 31.5 Å². The SMILES string of the molecule is Cn1cc(CCN2CCC(C)(CN)CC2)cn1. The minimum atomic E-state index is 0.380. The highest BCUT2D eigenvalue weighted by Gasteiger charge is 2.28. The van der Waals surface area contributed by atoms with Crippen LogP contribution < -0.4 is 5.73 Å². The van der Waals surface area contributed by atoms with Crippen molar-refractivity contribution in [2.75, 3.05) is 26.2 Å². The van der Waals surface area contributed by atoms with Crippen LogP contribution >= 0.6 is 0 Å². The van der Waals surface area contributed by atoms with Gasteiger partial charge in [0, 0.05) is 19.8 Å². The number of nitrogens with two attached hydrogens (primary N) is 1. The van der Waals surface area contributed by atoms with Gasteiger partial charge in [-0.2, -0.15) is 5.10 Å². The van der Waals surface area contributed by atoms with Gasteiger partial charge in [-0.1, -0.05) is 6.92 Å². The van der Waals surface area contributed by atoms with E-state index in [1.54, 1.807) is 0 Å². The molecule has 1 saturated heterocycles. The van der Waals surface area contributed by atoms with Crippen LogP contribution in [-0.2, 0) is 13.5 Å². The third-order valence-electron chi connectivity index (χ3n) is 4.03. The Morgan fingerprint density at radius 3 is 2.65 bits per heavy atom. The monoisotopic (exact) mass is 236 g/mol. The van der Waals surface area contributed by atoms with E-state index in [9.17, 15) is 0 Å². The number of hydrogen-bond donors (Lipinski definition) is 1. The zero-order valence-electron chi connectivity index (χ0n) is 11.0. The lowest BCUT2D eigenvalue weighted by atomic mass is 9.80. The number of likely N-dealkylation sites (tertiary alicyclic amines) is 1. The van der Waals surface area contributed by atoms with Crippen molar-refractivity contribution in [3.05, 3.63) is 18.0 Å². The maximum absolute atomic E-state index is 5.82. The van der Waals surface area contributed by atoms with Crippen molar-refractivity contribution in [3.63, 3.8) is 0 Å². The van der Waals surface area contributed by atoms with Gasteiger partial charge in [-0.05, 0) is 49.9 Å². The topological polar surface area (TPSA) is 47.1 Å². The van der Waals surface area contributed by atoms with Crippen LogP contribution in [0.15, 0.2) is 12.4 Å². The van der Waals surface area contributed by atoms with Gasteiger partial charge in [-0.25, -0.2) is 0 Å². The van der Waals surface area contributed by atoms with Crippen LogP contribution in [0.1, 0.15) is 25.3 Å². The summed E-state index contributed by atoms with van der Waals surface area (Å²) in [4.78, 5) is 2.55. The first-order chi connectivity index (χ1) is 8.11. The van der Waals surface area contributed by atoms with Gasteiger partial charge in [0.25, 0.3) is 0 Å². The van der Waals surface area contributed by atoms with Crippen molar-refractivity contribution < 1.29 is 0 Å². The molecule has 2 heterocycles. The Hall–Kier alpha value is -0.870. The number of aromatic nitrogens is 2. The number of piperidine rings is 1. The Labute approximate surface area is 104 Å². The van der Waals surface area contributed by atoms with Crippen LogP contribution in [0.4, 0.5) is 0 Å². The first kappa shape index (κ1) is 12.6. The van der Waals surface area contributed by atoms with Gasteiger partial charge in [-0.15, -0.1) is 0 Å². The Morgan fingerprint density at radius 1 is 1.41 bits per heavy atom. The normalized spacial score (nSPS) is 20.6. The zero-order valence-corrected chi connectivity index (χ0v) is 11.0. The van der Waals surface area contributed by atoms with Gasteiger partial charge >= 0.3 is 0 Å². The summed E-state index contributed by atoms with van der Waals surface area (Å²) in [5.41, 5.74) is 7.53. The fraction of sp³-hybridized carbons (Fsp3) is 0.769. The molecule has 0 aromatic carbocycles. The molecule has 1 aliphatic rings. The van der Waals surface area contributed by atoms with E-state index >= 15 is 0 Å². The van der Waals surface area contributed by atoms with Gasteiger partial charge in [0.05, 0.1) is 6.20 Å². The maximum atomic E-state index is 5.82. The van der Waals surface area contributed by atoms with Crippen LogP contribution in [0.5, 0.6) is 0 Å². The fourth-order valence-electron chi connectivity index (χ4n) is 2.41. The molecule has 0 saturated carbocycles. The Bertz CT molecular complexity index is 350. The molecule has 0 radical (unpaired) electrons. The molecule has 1 aromatic heterocycles. The van der Waals surface area contributed by atoms with Gasteiger partial charge in [-0.3, -0.25) is 4.68 Å². The number of nitrogens with zero attached hydrogens (tertiary/aromatic N) is 3. The van der Waals surface area contributed by atoms with Crippen molar-refractivity contribution in [1.82, 2.24) is 14.7 Å². The third-order valence-corrected chi connectivity index (χ3v) is 4.03. The van der Waals surface area contributed by atoms with E-state index in [-0.39, 0.29) is 0 Å². The molecule has 1 fully saturated rings. The lowest BCUT2D eigenvalue weighted by molar-refractivity contribution is 0.125. The molecular formula is C13H24N4. The summed E-state index contributed by atoms with van der Waals surface area (Å²) in [6.07, 6.45) is 7.64. The molecule has 0 aliphatic carbocycles. The highest BCUT2D eigenvalue weighted by molar-refractivity contribution is 5.04. The maximum Gasteiger partial charge on any atom is 0.0522 e. The van der Waals surface area contributed by atoms with E-state index in [0.29, 0.717) is 5.41 Å². The first-order valence-corrected chi connectivity index (χ1v) is 6.51. The number of rotatable bonds is 4. The van der Waals surface area contributed by atoms with E-state index in [4.69, 9.17) is 5.73 Å². The highest BCUT2D eigenvalue weighted by Crippen LogP contribution is 2.29. The molecule has 0 amide bonds. The summed E-state index contributed by atoms with van der Waals surface area (Å²) < 4.78 is 1.87. The third kappa shape index (κ3) is 3.30. The van der Waals surface area contributed by atoms with Gasteiger partial charge in [0.1, 0.15) is 0 Å². The summed E-state index contributed by atoms with van der Waals surface area (Å²) in [5, 5.41) is 4.20. The second kappa shape index (κ2) is 5.19. The molecule has 0 spiro atoms. The van der Waals surface area contributed by atoms with Crippen molar-refractivity contribution in [3.8, 4) is 0 Å². The van der Waals surface area contributed by atoms with E-state index in [2.05, 4.69) is 23.1 Å². The van der Waals surface area contributed by atoms with E-state index < -0.39 is 0 Å². The van der Waals surface area contributed by atoms with Crippen molar-refractivity contribution >= 4 is 0 Å². The predicted molar refractivity (Wildman–Crippen MR) is 69.7 cm³/mol. The van der Waals surface area contributed by atoms with Crippen LogP contribution in [0.3, 0.4) is 0 Å². The van der Waals surface area contributed by atoms with Gasteiger partial charge in [0.2, 0.25) is 0 Å². The summed E-state index contributed by atoms with van der Waals surface area (Å²) in [6, 6.07) is 0. The number of aryl methyl sites for hydroxylation is 1. The standard InChI is InChI=1S/C13H24N4/c1-13(11-14)4-7-17(8-5-13)6-3-12-9-15-16(2)10-12/h9-10H,3-8,11,14H2,1-2H3. The summed E-state index contributed by atoms with van der Waals surface area (Å²) in [7, 11) is 1.97. The largest absolute Gasteiger partial charge is 0.330 e. The molecule has 1 aromatic rings. The molecule has 96 valence electrons. The second-order valence-corrected chi connectivity index (χ2v) is 5.63. The van der Waals surface area contributed by atoms with E-state index in [0.717, 1.165) is 19.5 Å². The van der Waals surface area contributed by atoms with Crippen LogP contribution in [0, 0.1) is 5.41 Å². The van der Waals surface area contributed by atoms with Crippen molar-refractivity contribution in [1.29, 1.82) is 0 Å². The smallest absolute Gasteiger partial charge is 0.0522 e. The average molecular weight is 236 g/mol. The molecule has 0 unspecified atom stereocenters. The molecule has 2 rings (SSSR count). The van der Waals surface area contributed by atoms with Crippen LogP contribution in [-0.4, -0.2) is 40.9 Å². The van der Waals surface area contributed by atoms with Crippen molar-refractivity contribution in [2.45, 2.75) is 26.2 Å². The average Bonchev–Trinajstić information content (AvgIpc) is 2.75. The molecule has 17 heavy (non-hydrogen) atoms. The molecule has 0 atom stereocenters. The molecule has 4 nitrogen and oxygen atoms in total. The number of hydrogen-bond acceptors (Lipinski definition) is 3. The second-order valence-electron chi connectivity index (χ2n) is 5.63. The zero-order chi connectivity index (χ0) is 12.3. The minimum absolute atomic E-state index is 0.380. The molecular weight excluding hydrogens is 212 g/mol. The quantitative estimate of drug-likeness (QED) is 0.849. The van der Waals surface area contributed by atoms with Crippen molar-refractivity contribution in [2.24, 2.45) is 18.2 Å². The molecule has 4 heteroatoms. The first-order valence-electron chi connectivity index (χ1n) is 6.51. The van der Waals surface area contributed by atoms with Gasteiger partial charge < -0.3 is 10.6 Å².